The molecule has 7 nitrogen and oxygen atoms in total. The predicted molar refractivity (Wildman–Crippen MR) is 139 cm³/mol. The van der Waals surface area contributed by atoms with Gasteiger partial charge in [0.15, 0.2) is 5.78 Å². The van der Waals surface area contributed by atoms with Crippen molar-refractivity contribution in [3.05, 3.63) is 122 Å². The summed E-state index contributed by atoms with van der Waals surface area (Å²) >= 11 is 6.11. The number of Topliss-reactive ketones (excluding diaryl/α,β-unsaturated/α-hetero) is 1. The summed E-state index contributed by atoms with van der Waals surface area (Å²) in [7, 11) is 0. The molecule has 0 saturated heterocycles. The molecule has 0 amide bonds. The van der Waals surface area contributed by atoms with Gasteiger partial charge in [-0.1, -0.05) is 54.1 Å². The number of allylic oxidation sites excluding steroid dienone is 2. The summed E-state index contributed by atoms with van der Waals surface area (Å²) in [5.41, 5.74) is 2.81. The second-order valence-corrected chi connectivity index (χ2v) is 9.15. The van der Waals surface area contributed by atoms with Crippen LogP contribution in [0.2, 0.25) is 5.02 Å². The highest BCUT2D eigenvalue weighted by atomic mass is 35.5. The number of aliphatic hydroxyl groups excluding tert-OH is 1. The fraction of sp³-hybridized carbons (Fsp3) is 0.143. The van der Waals surface area contributed by atoms with E-state index in [9.17, 15) is 25.4 Å². The average Bonchev–Trinajstić information content (AvgIpc) is 2.89. The first kappa shape index (κ1) is 23.5. The molecule has 1 aliphatic heterocycles. The normalized spacial score (nSPS) is 19.2. The first-order valence-corrected chi connectivity index (χ1v) is 11.9. The number of ketones is 1. The Kier molecular flexibility index (Phi) is 6.16. The second-order valence-electron chi connectivity index (χ2n) is 8.71. The average molecular weight is 500 g/mol. The molecule has 0 saturated carbocycles. The largest absolute Gasteiger partial charge is 0.507 e. The Labute approximate surface area is 212 Å². The molecule has 3 aromatic rings. The Hall–Kier alpha value is -4.23. The maximum Gasteiger partial charge on any atom is 0.269 e. The van der Waals surface area contributed by atoms with Crippen molar-refractivity contribution >= 4 is 40.4 Å². The van der Waals surface area contributed by atoms with E-state index < -0.39 is 10.8 Å². The van der Waals surface area contributed by atoms with Crippen LogP contribution < -0.4 is 4.90 Å². The molecule has 2 N–H and O–H groups in total. The van der Waals surface area contributed by atoms with E-state index >= 15 is 0 Å². The smallest absolute Gasteiger partial charge is 0.269 e. The lowest BCUT2D eigenvalue weighted by Gasteiger charge is -2.41. The van der Waals surface area contributed by atoms with Gasteiger partial charge in [0.05, 0.1) is 4.92 Å². The zero-order chi connectivity index (χ0) is 25.4. The zero-order valence-electron chi connectivity index (χ0n) is 19.1. The van der Waals surface area contributed by atoms with Gasteiger partial charge < -0.3 is 5.11 Å². The van der Waals surface area contributed by atoms with Crippen LogP contribution in [0.5, 0.6) is 0 Å². The Bertz CT molecular complexity index is 1450. The number of hydrogen-bond donors (Lipinski definition) is 2. The fourth-order valence-corrected chi connectivity index (χ4v) is 5.10. The minimum Gasteiger partial charge on any atom is -0.507 e. The van der Waals surface area contributed by atoms with Crippen molar-refractivity contribution in [2.45, 2.75) is 25.2 Å². The molecule has 3 aromatic carbocycles. The van der Waals surface area contributed by atoms with Gasteiger partial charge in [-0.3, -0.25) is 25.2 Å². The highest BCUT2D eigenvalue weighted by Gasteiger charge is 2.43. The standard InChI is InChI=1S/C28H22ClN3O4/c29-19-12-14-20(15-13-19)31-22-10-5-11-23(33)25(22)24(18-8-4-9-21(16-18)32(35)36)26(28(31)30)27(34)17-6-2-1-3-7-17/h1-4,6-9,12-16,24,30,34H,5,10-11H2. The van der Waals surface area contributed by atoms with Crippen LogP contribution in [0.4, 0.5) is 11.4 Å². The number of nitrogens with zero attached hydrogens (tertiary/aromatic N) is 2. The van der Waals surface area contributed by atoms with E-state index in [-0.39, 0.29) is 28.6 Å². The zero-order valence-corrected chi connectivity index (χ0v) is 19.9. The third kappa shape index (κ3) is 4.07. The molecular weight excluding hydrogens is 478 g/mol. The van der Waals surface area contributed by atoms with Crippen LogP contribution in [-0.4, -0.2) is 21.6 Å². The SMILES string of the molecule is N=C1C(=C(O)c2ccccc2)C(c2cccc([N+](=O)[O-])c2)C2=C(CCCC2=O)N1c1ccc(Cl)cc1. The highest BCUT2D eigenvalue weighted by Crippen LogP contribution is 2.48. The van der Waals surface area contributed by atoms with Gasteiger partial charge in [0.25, 0.3) is 5.69 Å². The summed E-state index contributed by atoms with van der Waals surface area (Å²) < 4.78 is 0. The molecule has 36 heavy (non-hydrogen) atoms. The maximum absolute atomic E-state index is 13.5. The number of amidine groups is 1. The van der Waals surface area contributed by atoms with E-state index in [1.165, 1.54) is 12.1 Å². The minimum atomic E-state index is -0.830. The lowest BCUT2D eigenvalue weighted by atomic mass is 9.73. The topological polar surface area (TPSA) is 108 Å². The molecule has 1 unspecified atom stereocenters. The first-order valence-electron chi connectivity index (χ1n) is 11.5. The monoisotopic (exact) mass is 499 g/mol. The number of carbonyl (C=O) groups excluding carboxylic acids is 1. The van der Waals surface area contributed by atoms with Crippen LogP contribution in [0, 0.1) is 15.5 Å². The van der Waals surface area contributed by atoms with Crippen molar-refractivity contribution < 1.29 is 14.8 Å². The van der Waals surface area contributed by atoms with Crippen molar-refractivity contribution in [3.63, 3.8) is 0 Å². The van der Waals surface area contributed by atoms with Gasteiger partial charge >= 0.3 is 0 Å². The fourth-order valence-electron chi connectivity index (χ4n) is 4.97. The third-order valence-corrected chi connectivity index (χ3v) is 6.81. The second kappa shape index (κ2) is 9.43. The molecule has 0 radical (unpaired) electrons. The van der Waals surface area contributed by atoms with Gasteiger partial charge in [-0.05, 0) is 42.7 Å². The van der Waals surface area contributed by atoms with Gasteiger partial charge in [0.1, 0.15) is 11.6 Å². The van der Waals surface area contributed by atoms with Gasteiger partial charge in [0, 0.05) is 57.6 Å². The van der Waals surface area contributed by atoms with E-state index in [2.05, 4.69) is 0 Å². The molecule has 2 aliphatic rings. The number of anilines is 1. The molecule has 0 aromatic heterocycles. The number of hydrogen-bond acceptors (Lipinski definition) is 5. The van der Waals surface area contributed by atoms with Crippen molar-refractivity contribution in [2.24, 2.45) is 0 Å². The van der Waals surface area contributed by atoms with E-state index in [1.807, 2.05) is 6.07 Å². The van der Waals surface area contributed by atoms with Gasteiger partial charge in [-0.15, -0.1) is 0 Å². The molecule has 0 spiro atoms. The number of carbonyl (C=O) groups is 1. The number of aliphatic hydroxyl groups is 1. The quantitative estimate of drug-likeness (QED) is 0.233. The number of non-ortho nitro benzene ring substituents is 1. The Morgan fingerprint density at radius 1 is 1.03 bits per heavy atom. The summed E-state index contributed by atoms with van der Waals surface area (Å²) in [5.74, 6) is -1.08. The van der Waals surface area contributed by atoms with E-state index in [1.54, 1.807) is 65.6 Å². The van der Waals surface area contributed by atoms with E-state index in [0.717, 1.165) is 0 Å². The van der Waals surface area contributed by atoms with E-state index in [0.29, 0.717) is 52.4 Å². The van der Waals surface area contributed by atoms with Gasteiger partial charge in [-0.25, -0.2) is 0 Å². The first-order chi connectivity index (χ1) is 17.4. The number of nitro benzene ring substituents is 1. The van der Waals surface area contributed by atoms with Crippen LogP contribution >= 0.6 is 11.6 Å². The number of nitrogens with one attached hydrogen (secondary N) is 1. The molecule has 1 aliphatic carbocycles. The maximum atomic E-state index is 13.5. The molecule has 1 atom stereocenters. The van der Waals surface area contributed by atoms with Crippen LogP contribution in [0.25, 0.3) is 5.76 Å². The number of rotatable bonds is 4. The molecular formula is C28H22ClN3O4. The van der Waals surface area contributed by atoms with Crippen LogP contribution in [0.15, 0.2) is 95.7 Å². The lowest BCUT2D eigenvalue weighted by Crippen LogP contribution is -2.42. The van der Waals surface area contributed by atoms with Crippen molar-refractivity contribution in [2.75, 3.05) is 4.90 Å². The molecule has 180 valence electrons. The molecule has 0 bridgehead atoms. The van der Waals surface area contributed by atoms with E-state index in [4.69, 9.17) is 11.6 Å². The summed E-state index contributed by atoms with van der Waals surface area (Å²) in [6.45, 7) is 0. The summed E-state index contributed by atoms with van der Waals surface area (Å²) in [6, 6.07) is 21.8. The van der Waals surface area contributed by atoms with Crippen LogP contribution in [0.1, 0.15) is 36.3 Å². The van der Waals surface area contributed by atoms with Gasteiger partial charge in [0.2, 0.25) is 0 Å². The minimum absolute atomic E-state index is 0.00336. The van der Waals surface area contributed by atoms with Crippen molar-refractivity contribution in [1.29, 1.82) is 5.41 Å². The lowest BCUT2D eigenvalue weighted by molar-refractivity contribution is -0.384. The van der Waals surface area contributed by atoms with Gasteiger partial charge in [-0.2, -0.15) is 0 Å². The number of nitro groups is 1. The predicted octanol–water partition coefficient (Wildman–Crippen LogP) is 6.81. The van der Waals surface area contributed by atoms with Crippen molar-refractivity contribution in [3.8, 4) is 0 Å². The summed E-state index contributed by atoms with van der Waals surface area (Å²) in [6.07, 6.45) is 1.50. The number of halogens is 1. The Morgan fingerprint density at radius 3 is 2.44 bits per heavy atom. The Balaban J connectivity index is 1.83. The molecule has 5 rings (SSSR count). The van der Waals surface area contributed by atoms with Crippen LogP contribution in [-0.2, 0) is 4.79 Å². The van der Waals surface area contributed by atoms with Crippen LogP contribution in [0.3, 0.4) is 0 Å². The highest BCUT2D eigenvalue weighted by molar-refractivity contribution is 6.30. The number of benzene rings is 3. The molecule has 0 fully saturated rings. The summed E-state index contributed by atoms with van der Waals surface area (Å²) in [4.78, 5) is 26.2. The molecule has 8 heteroatoms. The third-order valence-electron chi connectivity index (χ3n) is 6.56. The molecule has 1 heterocycles. The Morgan fingerprint density at radius 2 is 1.75 bits per heavy atom. The summed E-state index contributed by atoms with van der Waals surface area (Å²) in [5, 5.41) is 32.9. The van der Waals surface area contributed by atoms with Crippen molar-refractivity contribution in [1.82, 2.24) is 0 Å².